The van der Waals surface area contributed by atoms with E-state index in [4.69, 9.17) is 9.47 Å². The van der Waals surface area contributed by atoms with Gasteiger partial charge >= 0.3 is 0 Å². The van der Waals surface area contributed by atoms with Crippen LogP contribution in [-0.4, -0.2) is 31.6 Å². The summed E-state index contributed by atoms with van der Waals surface area (Å²) < 4.78 is 10.9. The van der Waals surface area contributed by atoms with Crippen molar-refractivity contribution in [3.8, 4) is 11.5 Å². The Morgan fingerprint density at radius 1 is 1.30 bits per heavy atom. The number of rotatable bonds is 4. The standard InChI is InChI=1S/C18H21NO3S/c1-6-16-12(3)19(4)18(20)17(23-16)11-13-8-9-14(22-7-2)15(10-13)21-5/h6,8-11H,3,7H2,1-2,4-5H3. The van der Waals surface area contributed by atoms with Gasteiger partial charge in [-0.2, -0.15) is 0 Å². The van der Waals surface area contributed by atoms with E-state index in [2.05, 4.69) is 6.58 Å². The fourth-order valence-electron chi connectivity index (χ4n) is 2.19. The number of carbonyl (C=O) groups excluding carboxylic acids is 1. The molecule has 1 saturated heterocycles. The maximum atomic E-state index is 12.4. The number of methoxy groups -OCH3 is 1. The van der Waals surface area contributed by atoms with E-state index in [-0.39, 0.29) is 5.91 Å². The van der Waals surface area contributed by atoms with Gasteiger partial charge in [0.05, 0.1) is 24.3 Å². The highest BCUT2D eigenvalue weighted by atomic mass is 32.2. The van der Waals surface area contributed by atoms with Crippen molar-refractivity contribution in [1.29, 1.82) is 0 Å². The lowest BCUT2D eigenvalue weighted by atomic mass is 10.1. The van der Waals surface area contributed by atoms with Crippen molar-refractivity contribution < 1.29 is 14.3 Å². The first-order valence-corrected chi connectivity index (χ1v) is 8.17. The van der Waals surface area contributed by atoms with Gasteiger partial charge in [-0.1, -0.05) is 30.5 Å². The number of benzene rings is 1. The smallest absolute Gasteiger partial charge is 0.264 e. The zero-order valence-electron chi connectivity index (χ0n) is 13.9. The van der Waals surface area contributed by atoms with E-state index in [1.54, 1.807) is 19.1 Å². The van der Waals surface area contributed by atoms with Crippen LogP contribution in [0, 0.1) is 0 Å². The third kappa shape index (κ3) is 3.62. The average molecular weight is 331 g/mol. The van der Waals surface area contributed by atoms with Gasteiger partial charge < -0.3 is 14.4 Å². The molecule has 0 aliphatic carbocycles. The van der Waals surface area contributed by atoms with Crippen molar-refractivity contribution in [3.63, 3.8) is 0 Å². The molecular formula is C18H21NO3S. The molecule has 1 amide bonds. The molecule has 0 unspecified atom stereocenters. The summed E-state index contributed by atoms with van der Waals surface area (Å²) in [5.74, 6) is 1.29. The van der Waals surface area contributed by atoms with Crippen LogP contribution in [0.2, 0.25) is 0 Å². The molecular weight excluding hydrogens is 310 g/mol. The number of likely N-dealkylation sites (N-methyl/N-ethyl adjacent to an activating group) is 1. The molecule has 5 heteroatoms. The van der Waals surface area contributed by atoms with E-state index in [0.717, 1.165) is 16.2 Å². The summed E-state index contributed by atoms with van der Waals surface area (Å²) in [6.45, 7) is 8.39. The number of carbonyl (C=O) groups is 1. The molecule has 2 rings (SSSR count). The third-order valence-corrected chi connectivity index (χ3v) is 4.68. The fourth-order valence-corrected chi connectivity index (χ4v) is 3.22. The predicted molar refractivity (Wildman–Crippen MR) is 95.4 cm³/mol. The monoisotopic (exact) mass is 331 g/mol. The highest BCUT2D eigenvalue weighted by Crippen LogP contribution is 2.39. The van der Waals surface area contributed by atoms with E-state index >= 15 is 0 Å². The molecule has 1 aromatic carbocycles. The van der Waals surface area contributed by atoms with E-state index in [1.165, 1.54) is 11.8 Å². The first-order valence-electron chi connectivity index (χ1n) is 7.35. The van der Waals surface area contributed by atoms with E-state index in [9.17, 15) is 4.79 Å². The van der Waals surface area contributed by atoms with E-state index in [0.29, 0.717) is 23.0 Å². The van der Waals surface area contributed by atoms with Crippen molar-refractivity contribution in [1.82, 2.24) is 4.90 Å². The Morgan fingerprint density at radius 2 is 2.04 bits per heavy atom. The second kappa shape index (κ2) is 7.42. The lowest BCUT2D eigenvalue weighted by molar-refractivity contribution is -0.123. The van der Waals surface area contributed by atoms with Crippen LogP contribution in [-0.2, 0) is 4.79 Å². The van der Waals surface area contributed by atoms with Gasteiger partial charge in [0, 0.05) is 12.0 Å². The minimum atomic E-state index is -0.0570. The van der Waals surface area contributed by atoms with Gasteiger partial charge in [0.1, 0.15) is 0 Å². The Balaban J connectivity index is 2.37. The van der Waals surface area contributed by atoms with Crippen LogP contribution in [0.25, 0.3) is 6.08 Å². The van der Waals surface area contributed by atoms with Gasteiger partial charge in [-0.25, -0.2) is 0 Å². The third-order valence-electron chi connectivity index (χ3n) is 3.47. The Hall–Kier alpha value is -2.14. The predicted octanol–water partition coefficient (Wildman–Crippen LogP) is 4.06. The Labute approximate surface area is 141 Å². The largest absolute Gasteiger partial charge is 0.493 e. The molecule has 0 aromatic heterocycles. The maximum absolute atomic E-state index is 12.4. The van der Waals surface area contributed by atoms with Crippen LogP contribution in [0.3, 0.4) is 0 Å². The van der Waals surface area contributed by atoms with Gasteiger partial charge in [-0.05, 0) is 37.6 Å². The number of allylic oxidation sites excluding steroid dienone is 1. The van der Waals surface area contributed by atoms with Crippen LogP contribution in [0.5, 0.6) is 11.5 Å². The van der Waals surface area contributed by atoms with Gasteiger partial charge in [-0.15, -0.1) is 0 Å². The highest BCUT2D eigenvalue weighted by molar-refractivity contribution is 8.08. The van der Waals surface area contributed by atoms with E-state index < -0.39 is 0 Å². The quantitative estimate of drug-likeness (QED) is 0.780. The topological polar surface area (TPSA) is 38.8 Å². The molecule has 23 heavy (non-hydrogen) atoms. The summed E-state index contributed by atoms with van der Waals surface area (Å²) in [5, 5.41) is 0. The summed E-state index contributed by atoms with van der Waals surface area (Å²) in [4.78, 5) is 15.6. The fraction of sp³-hybridized carbons (Fsp3) is 0.278. The summed E-state index contributed by atoms with van der Waals surface area (Å²) >= 11 is 1.43. The minimum absolute atomic E-state index is 0.0570. The summed E-state index contributed by atoms with van der Waals surface area (Å²) in [5.41, 5.74) is 1.61. The van der Waals surface area contributed by atoms with Gasteiger partial charge in [0.15, 0.2) is 11.5 Å². The molecule has 0 bridgehead atoms. The maximum Gasteiger partial charge on any atom is 0.264 e. The number of hydrogen-bond donors (Lipinski definition) is 0. The number of hydrogen-bond acceptors (Lipinski definition) is 4. The van der Waals surface area contributed by atoms with Crippen molar-refractivity contribution >= 4 is 23.7 Å². The number of thioether (sulfide) groups is 1. The first kappa shape index (κ1) is 17.2. The molecule has 1 heterocycles. The molecule has 1 fully saturated rings. The summed E-state index contributed by atoms with van der Waals surface area (Å²) in [6, 6.07) is 5.63. The van der Waals surface area contributed by atoms with E-state index in [1.807, 2.05) is 44.2 Å². The van der Waals surface area contributed by atoms with Crippen molar-refractivity contribution in [2.24, 2.45) is 0 Å². The second-order valence-electron chi connectivity index (χ2n) is 4.92. The lowest BCUT2D eigenvalue weighted by Crippen LogP contribution is -2.30. The number of ether oxygens (including phenoxy) is 2. The molecule has 0 spiro atoms. The second-order valence-corrected chi connectivity index (χ2v) is 6.00. The molecule has 0 N–H and O–H groups in total. The normalized spacial score (nSPS) is 18.7. The molecule has 122 valence electrons. The molecule has 0 saturated carbocycles. The van der Waals surface area contributed by atoms with Crippen LogP contribution < -0.4 is 9.47 Å². The average Bonchev–Trinajstić information content (AvgIpc) is 2.56. The molecule has 1 aromatic rings. The van der Waals surface area contributed by atoms with Gasteiger partial charge in [0.25, 0.3) is 5.91 Å². The Morgan fingerprint density at radius 3 is 2.65 bits per heavy atom. The number of nitrogens with zero attached hydrogens (tertiary/aromatic N) is 1. The molecule has 0 atom stereocenters. The van der Waals surface area contributed by atoms with Gasteiger partial charge in [-0.3, -0.25) is 4.79 Å². The highest BCUT2D eigenvalue weighted by Gasteiger charge is 2.27. The first-order chi connectivity index (χ1) is 11.0. The molecule has 0 radical (unpaired) electrons. The number of amides is 1. The van der Waals surface area contributed by atoms with Crippen molar-refractivity contribution in [3.05, 3.63) is 51.9 Å². The Bertz CT molecular complexity index is 692. The van der Waals surface area contributed by atoms with Crippen LogP contribution >= 0.6 is 11.8 Å². The van der Waals surface area contributed by atoms with Crippen molar-refractivity contribution in [2.45, 2.75) is 13.8 Å². The molecule has 4 nitrogen and oxygen atoms in total. The zero-order chi connectivity index (χ0) is 17.0. The van der Waals surface area contributed by atoms with Crippen LogP contribution in [0.15, 0.2) is 46.4 Å². The van der Waals surface area contributed by atoms with Crippen LogP contribution in [0.1, 0.15) is 19.4 Å². The molecule has 1 aliphatic rings. The minimum Gasteiger partial charge on any atom is -0.493 e. The van der Waals surface area contributed by atoms with Crippen molar-refractivity contribution in [2.75, 3.05) is 20.8 Å². The lowest BCUT2D eigenvalue weighted by Gasteiger charge is -2.28. The molecule has 1 aliphatic heterocycles. The van der Waals surface area contributed by atoms with Crippen LogP contribution in [0.4, 0.5) is 0 Å². The van der Waals surface area contributed by atoms with Gasteiger partial charge in [0.2, 0.25) is 0 Å². The zero-order valence-corrected chi connectivity index (χ0v) is 14.7. The summed E-state index contributed by atoms with van der Waals surface area (Å²) in [7, 11) is 3.34. The summed E-state index contributed by atoms with van der Waals surface area (Å²) in [6.07, 6.45) is 3.82. The SMILES string of the molecule is C=C1C(=CC)SC(=Cc2ccc(OCC)c(OC)c2)C(=O)N1C. The Kier molecular flexibility index (Phi) is 5.55.